The third-order valence-electron chi connectivity index (χ3n) is 7.75. The van der Waals surface area contributed by atoms with Crippen LogP contribution in [0.5, 0.6) is 5.75 Å². The van der Waals surface area contributed by atoms with Gasteiger partial charge in [0.2, 0.25) is 5.91 Å². The number of ether oxygens (including phenoxy) is 1. The fourth-order valence-corrected chi connectivity index (χ4v) is 5.39. The molecule has 232 valence electrons. The Morgan fingerprint density at radius 3 is 2.16 bits per heavy atom. The smallest absolute Gasteiger partial charge is 0.260 e. The molecule has 3 N–H and O–H groups in total. The van der Waals surface area contributed by atoms with Gasteiger partial charge in [0, 0.05) is 32.1 Å². The summed E-state index contributed by atoms with van der Waals surface area (Å²) in [6, 6.07) is 33.4. The number of rotatable bonds is 13. The number of fused-ring (bicyclic) bond motifs is 1. The Labute approximate surface area is 264 Å². The van der Waals surface area contributed by atoms with Gasteiger partial charge < -0.3 is 20.3 Å². The summed E-state index contributed by atoms with van der Waals surface area (Å²) in [4.78, 5) is 34.9. The first kappa shape index (κ1) is 31.3. The molecule has 4 aromatic rings. The Hall–Kier alpha value is -5.15. The fraction of sp³-hybridized carbons (Fsp3) is 0.250. The van der Waals surface area contributed by atoms with Crippen LogP contribution in [0.25, 0.3) is 0 Å². The maximum atomic E-state index is 13.4. The van der Waals surface area contributed by atoms with Gasteiger partial charge in [-0.2, -0.15) is 0 Å². The van der Waals surface area contributed by atoms with Gasteiger partial charge in [-0.3, -0.25) is 9.59 Å². The summed E-state index contributed by atoms with van der Waals surface area (Å²) in [5, 5.41) is 1.52. The van der Waals surface area contributed by atoms with Crippen molar-refractivity contribution in [3.8, 4) is 5.75 Å². The lowest BCUT2D eigenvalue weighted by atomic mass is 10.1. The van der Waals surface area contributed by atoms with Crippen molar-refractivity contribution in [2.24, 2.45) is 10.7 Å². The van der Waals surface area contributed by atoms with Gasteiger partial charge in [0.25, 0.3) is 5.91 Å². The van der Waals surface area contributed by atoms with Gasteiger partial charge in [0.05, 0.1) is 24.5 Å². The molecule has 0 aliphatic carbocycles. The number of hydrogen-bond acceptors (Lipinski definition) is 7. The molecule has 9 heteroatoms. The molecule has 0 bridgehead atoms. The van der Waals surface area contributed by atoms with E-state index in [0.717, 1.165) is 27.9 Å². The number of benzene rings is 4. The minimum Gasteiger partial charge on any atom is -0.493 e. The van der Waals surface area contributed by atoms with Crippen molar-refractivity contribution in [3.63, 3.8) is 0 Å². The molecule has 0 saturated carbocycles. The van der Waals surface area contributed by atoms with E-state index in [1.807, 2.05) is 115 Å². The second kappa shape index (κ2) is 15.0. The van der Waals surface area contributed by atoms with Crippen molar-refractivity contribution in [1.29, 1.82) is 0 Å². The van der Waals surface area contributed by atoms with Crippen molar-refractivity contribution in [1.82, 2.24) is 15.2 Å². The summed E-state index contributed by atoms with van der Waals surface area (Å²) < 4.78 is 6.20. The lowest BCUT2D eigenvalue weighted by molar-refractivity contribution is -0.132. The number of hydrogen-bond donors (Lipinski definition) is 2. The first-order valence-electron chi connectivity index (χ1n) is 15.2. The van der Waals surface area contributed by atoms with E-state index < -0.39 is 0 Å². The molecular formula is C36H40N6O3. The summed E-state index contributed by atoms with van der Waals surface area (Å²) in [6.07, 6.45) is 0.920. The Balaban J connectivity index is 1.20. The van der Waals surface area contributed by atoms with E-state index in [1.54, 1.807) is 11.9 Å². The molecule has 0 fully saturated rings. The number of nitrogens with one attached hydrogen (secondary N) is 1. The highest BCUT2D eigenvalue weighted by Crippen LogP contribution is 2.33. The van der Waals surface area contributed by atoms with E-state index in [4.69, 9.17) is 10.5 Å². The van der Waals surface area contributed by atoms with Gasteiger partial charge in [0.15, 0.2) is 5.96 Å². The number of amides is 2. The number of anilines is 1. The normalized spacial score (nSPS) is 12.2. The minimum atomic E-state index is -0.166. The molecule has 45 heavy (non-hydrogen) atoms. The van der Waals surface area contributed by atoms with Crippen molar-refractivity contribution < 1.29 is 14.3 Å². The SMILES string of the molecule is CNN(C(=O)CN1Cc2c(cccc2OCCCC(=O)N(Cc2ccccc2)Cc2ccccc2)N=C1N)c1ccccc1C. The monoisotopic (exact) mass is 604 g/mol. The number of carbonyl (C=O) groups excluding carboxylic acids is 2. The second-order valence-corrected chi connectivity index (χ2v) is 11.0. The van der Waals surface area contributed by atoms with Gasteiger partial charge in [0.1, 0.15) is 12.3 Å². The number of carbonyl (C=O) groups is 2. The molecule has 0 atom stereocenters. The Kier molecular flexibility index (Phi) is 10.4. The number of nitrogens with zero attached hydrogens (tertiary/aromatic N) is 4. The fourth-order valence-electron chi connectivity index (χ4n) is 5.39. The highest BCUT2D eigenvalue weighted by molar-refractivity contribution is 5.97. The average Bonchev–Trinajstić information content (AvgIpc) is 3.05. The lowest BCUT2D eigenvalue weighted by Crippen LogP contribution is -2.50. The van der Waals surface area contributed by atoms with E-state index in [1.165, 1.54) is 5.01 Å². The summed E-state index contributed by atoms with van der Waals surface area (Å²) in [7, 11) is 1.71. The van der Waals surface area contributed by atoms with Crippen molar-refractivity contribution >= 4 is 29.1 Å². The maximum absolute atomic E-state index is 13.4. The van der Waals surface area contributed by atoms with Crippen LogP contribution in [-0.4, -0.2) is 47.8 Å². The summed E-state index contributed by atoms with van der Waals surface area (Å²) in [5.41, 5.74) is 14.8. The molecule has 5 rings (SSSR count). The van der Waals surface area contributed by atoms with Crippen LogP contribution < -0.4 is 20.9 Å². The molecule has 2 amide bonds. The van der Waals surface area contributed by atoms with E-state index in [0.29, 0.717) is 50.5 Å². The zero-order valence-corrected chi connectivity index (χ0v) is 25.9. The van der Waals surface area contributed by atoms with Crippen molar-refractivity contribution in [2.75, 3.05) is 25.2 Å². The molecular weight excluding hydrogens is 564 g/mol. The van der Waals surface area contributed by atoms with Crippen LogP contribution in [0.4, 0.5) is 11.4 Å². The van der Waals surface area contributed by atoms with Crippen LogP contribution in [0.3, 0.4) is 0 Å². The number of guanidine groups is 1. The van der Waals surface area contributed by atoms with E-state index in [-0.39, 0.29) is 24.3 Å². The zero-order chi connectivity index (χ0) is 31.6. The van der Waals surface area contributed by atoms with E-state index >= 15 is 0 Å². The first-order valence-corrected chi connectivity index (χ1v) is 15.2. The first-order chi connectivity index (χ1) is 21.9. The summed E-state index contributed by atoms with van der Waals surface area (Å²) >= 11 is 0. The lowest BCUT2D eigenvalue weighted by Gasteiger charge is -2.31. The van der Waals surface area contributed by atoms with Crippen LogP contribution >= 0.6 is 0 Å². The van der Waals surface area contributed by atoms with Crippen LogP contribution in [0.15, 0.2) is 108 Å². The van der Waals surface area contributed by atoms with Gasteiger partial charge in [-0.25, -0.2) is 15.4 Å². The third-order valence-corrected chi connectivity index (χ3v) is 7.75. The van der Waals surface area contributed by atoms with E-state index in [2.05, 4.69) is 10.4 Å². The standard InChI is InChI=1S/C36H40N6O3/c1-27-13-9-10-19-32(27)42(38-2)35(44)26-41-25-30-31(39-36(41)37)18-11-20-33(30)45-22-12-21-34(43)40(23-28-14-5-3-6-15-28)24-29-16-7-4-8-17-29/h3-11,13-20,38H,12,21-26H2,1-2H3,(H2,37,39). The van der Waals surface area contributed by atoms with Crippen molar-refractivity contribution in [2.45, 2.75) is 39.4 Å². The van der Waals surface area contributed by atoms with Crippen molar-refractivity contribution in [3.05, 3.63) is 125 Å². The number of nitrogens with two attached hydrogens (primary N) is 1. The molecule has 0 spiro atoms. The molecule has 1 aliphatic rings. The van der Waals surface area contributed by atoms with Crippen LogP contribution in [0, 0.1) is 6.92 Å². The number of hydrazine groups is 1. The topological polar surface area (TPSA) is 104 Å². The van der Waals surface area contributed by atoms with Crippen LogP contribution in [0.2, 0.25) is 0 Å². The summed E-state index contributed by atoms with van der Waals surface area (Å²) in [5.74, 6) is 0.854. The Morgan fingerprint density at radius 2 is 1.51 bits per heavy atom. The Morgan fingerprint density at radius 1 is 0.867 bits per heavy atom. The van der Waals surface area contributed by atoms with Gasteiger partial charge in [-0.15, -0.1) is 0 Å². The zero-order valence-electron chi connectivity index (χ0n) is 25.9. The van der Waals surface area contributed by atoms with Gasteiger partial charge >= 0.3 is 0 Å². The molecule has 9 nitrogen and oxygen atoms in total. The third kappa shape index (κ3) is 8.07. The molecule has 0 radical (unpaired) electrons. The van der Waals surface area contributed by atoms with E-state index in [9.17, 15) is 9.59 Å². The van der Waals surface area contributed by atoms with Gasteiger partial charge in [-0.05, 0) is 48.2 Å². The molecule has 0 aromatic heterocycles. The molecule has 0 saturated heterocycles. The maximum Gasteiger partial charge on any atom is 0.260 e. The summed E-state index contributed by atoms with van der Waals surface area (Å²) in [6.45, 7) is 3.83. The number of aliphatic imine (C=N–C) groups is 1. The van der Waals surface area contributed by atoms with Gasteiger partial charge in [-0.1, -0.05) is 84.9 Å². The molecule has 0 unspecified atom stereocenters. The molecule has 1 heterocycles. The highest BCUT2D eigenvalue weighted by Gasteiger charge is 2.26. The Bertz CT molecular complexity index is 1590. The average molecular weight is 605 g/mol. The molecule has 1 aliphatic heterocycles. The van der Waals surface area contributed by atoms with Crippen LogP contribution in [0.1, 0.15) is 35.1 Å². The predicted molar refractivity (Wildman–Crippen MR) is 178 cm³/mol. The second-order valence-electron chi connectivity index (χ2n) is 11.0. The number of aryl methyl sites for hydroxylation is 1. The highest BCUT2D eigenvalue weighted by atomic mass is 16.5. The largest absolute Gasteiger partial charge is 0.493 e. The minimum absolute atomic E-state index is 0.0332. The number of para-hydroxylation sites is 1. The predicted octanol–water partition coefficient (Wildman–Crippen LogP) is 5.31. The van der Waals surface area contributed by atoms with Crippen LogP contribution in [-0.2, 0) is 29.2 Å². The quantitative estimate of drug-likeness (QED) is 0.158. The molecule has 4 aromatic carbocycles.